The van der Waals surface area contributed by atoms with Gasteiger partial charge in [-0.2, -0.15) is 0 Å². The fourth-order valence-corrected chi connectivity index (χ4v) is 1.88. The van der Waals surface area contributed by atoms with Crippen LogP contribution in [0.15, 0.2) is 24.3 Å². The second kappa shape index (κ2) is 9.02. The lowest BCUT2D eigenvalue weighted by atomic mass is 9.99. The van der Waals surface area contributed by atoms with Gasteiger partial charge < -0.3 is 15.2 Å². The van der Waals surface area contributed by atoms with Crippen LogP contribution in [0, 0.1) is 11.7 Å². The van der Waals surface area contributed by atoms with Crippen LogP contribution in [0.1, 0.15) is 33.1 Å². The summed E-state index contributed by atoms with van der Waals surface area (Å²) in [4.78, 5) is 22.9. The highest BCUT2D eigenvalue weighted by Gasteiger charge is 2.24. The van der Waals surface area contributed by atoms with Gasteiger partial charge >= 0.3 is 5.97 Å². The summed E-state index contributed by atoms with van der Waals surface area (Å²) >= 11 is 0. The number of hydrogen-bond acceptors (Lipinski definition) is 3. The minimum absolute atomic E-state index is 0.128. The minimum Gasteiger partial charge on any atom is -0.494 e. The zero-order chi connectivity index (χ0) is 16.5. The Balaban J connectivity index is 2.30. The van der Waals surface area contributed by atoms with Crippen LogP contribution in [-0.4, -0.2) is 29.6 Å². The van der Waals surface area contributed by atoms with Gasteiger partial charge in [-0.3, -0.25) is 4.79 Å². The maximum Gasteiger partial charge on any atom is 0.326 e. The number of aliphatic carboxylic acids is 1. The van der Waals surface area contributed by atoms with Crippen LogP contribution in [-0.2, 0) is 9.59 Å². The van der Waals surface area contributed by atoms with E-state index in [-0.39, 0.29) is 24.1 Å². The van der Waals surface area contributed by atoms with Crippen LogP contribution >= 0.6 is 0 Å². The molecule has 5 nitrogen and oxygen atoms in total. The summed E-state index contributed by atoms with van der Waals surface area (Å²) in [5.74, 6) is -1.26. The number of carbonyl (C=O) groups is 2. The van der Waals surface area contributed by atoms with Crippen LogP contribution in [0.25, 0.3) is 0 Å². The molecule has 1 amide bonds. The zero-order valence-electron chi connectivity index (χ0n) is 12.8. The molecule has 122 valence electrons. The second-order valence-electron chi connectivity index (χ2n) is 5.17. The van der Waals surface area contributed by atoms with Gasteiger partial charge in [0.15, 0.2) is 0 Å². The van der Waals surface area contributed by atoms with Crippen molar-refractivity contribution in [2.45, 2.75) is 39.2 Å². The van der Waals surface area contributed by atoms with Gasteiger partial charge in [0, 0.05) is 6.42 Å². The highest BCUT2D eigenvalue weighted by Crippen LogP contribution is 2.12. The van der Waals surface area contributed by atoms with Crippen molar-refractivity contribution in [1.82, 2.24) is 5.32 Å². The summed E-state index contributed by atoms with van der Waals surface area (Å²) < 4.78 is 18.1. The van der Waals surface area contributed by atoms with E-state index in [0.29, 0.717) is 25.2 Å². The molecule has 0 heterocycles. The van der Waals surface area contributed by atoms with Crippen LogP contribution in [0.3, 0.4) is 0 Å². The normalized spacial score (nSPS) is 13.2. The van der Waals surface area contributed by atoms with E-state index in [1.165, 1.54) is 24.3 Å². The Kier molecular flexibility index (Phi) is 7.36. The topological polar surface area (TPSA) is 75.6 Å². The van der Waals surface area contributed by atoms with Crippen LogP contribution in [0.4, 0.5) is 4.39 Å². The molecular weight excluding hydrogens is 289 g/mol. The lowest BCUT2D eigenvalue weighted by Crippen LogP contribution is -2.45. The first-order chi connectivity index (χ1) is 10.4. The molecule has 0 aromatic heterocycles. The molecule has 1 aromatic carbocycles. The van der Waals surface area contributed by atoms with Crippen molar-refractivity contribution in [2.24, 2.45) is 5.92 Å². The zero-order valence-corrected chi connectivity index (χ0v) is 12.8. The highest BCUT2D eigenvalue weighted by molar-refractivity contribution is 5.83. The monoisotopic (exact) mass is 311 g/mol. The molecule has 0 saturated carbocycles. The molecule has 1 aromatic rings. The van der Waals surface area contributed by atoms with Crippen LogP contribution in [0.5, 0.6) is 5.75 Å². The first-order valence-corrected chi connectivity index (χ1v) is 7.34. The van der Waals surface area contributed by atoms with E-state index < -0.39 is 12.0 Å². The van der Waals surface area contributed by atoms with E-state index >= 15 is 0 Å². The minimum atomic E-state index is -1.02. The molecule has 0 fully saturated rings. The predicted octanol–water partition coefficient (Wildman–Crippen LogP) is 2.60. The number of hydrogen-bond donors (Lipinski definition) is 2. The highest BCUT2D eigenvalue weighted by atomic mass is 19.1. The number of carboxylic acids is 1. The quantitative estimate of drug-likeness (QED) is 0.687. The third kappa shape index (κ3) is 6.11. The van der Waals surface area contributed by atoms with Gasteiger partial charge in [-0.1, -0.05) is 20.3 Å². The van der Waals surface area contributed by atoms with E-state index in [0.717, 1.165) is 0 Å². The van der Waals surface area contributed by atoms with Gasteiger partial charge in [0.2, 0.25) is 5.91 Å². The standard InChI is InChI=1S/C16H22FNO4/c1-3-11(2)15(16(20)21)18-14(19)5-4-10-22-13-8-6-12(17)7-9-13/h6-9,11,15H,3-5,10H2,1-2H3,(H,18,19)(H,20,21). The van der Waals surface area contributed by atoms with Crippen molar-refractivity contribution in [1.29, 1.82) is 0 Å². The average Bonchev–Trinajstić information content (AvgIpc) is 2.50. The van der Waals surface area contributed by atoms with Gasteiger partial charge in [-0.05, 0) is 36.6 Å². The Morgan fingerprint density at radius 3 is 2.50 bits per heavy atom. The fourth-order valence-electron chi connectivity index (χ4n) is 1.88. The molecule has 0 aliphatic rings. The van der Waals surface area contributed by atoms with E-state index in [9.17, 15) is 14.0 Å². The van der Waals surface area contributed by atoms with Crippen molar-refractivity contribution in [3.8, 4) is 5.75 Å². The summed E-state index contributed by atoms with van der Waals surface area (Å²) in [5.41, 5.74) is 0. The number of benzene rings is 1. The summed E-state index contributed by atoms with van der Waals surface area (Å²) in [6.07, 6.45) is 1.31. The van der Waals surface area contributed by atoms with Crippen LogP contribution < -0.4 is 10.1 Å². The number of rotatable bonds is 9. The summed E-state index contributed by atoms with van der Waals surface area (Å²) in [6, 6.07) is 4.75. The third-order valence-corrected chi connectivity index (χ3v) is 3.43. The smallest absolute Gasteiger partial charge is 0.326 e. The number of amides is 1. The SMILES string of the molecule is CCC(C)C(NC(=O)CCCOc1ccc(F)cc1)C(=O)O. The van der Waals surface area contributed by atoms with Crippen LogP contribution in [0.2, 0.25) is 0 Å². The lowest BCUT2D eigenvalue weighted by molar-refractivity contribution is -0.143. The Morgan fingerprint density at radius 1 is 1.32 bits per heavy atom. The molecule has 0 aliphatic heterocycles. The van der Waals surface area contributed by atoms with Gasteiger partial charge in [0.05, 0.1) is 6.61 Å². The fraction of sp³-hybridized carbons (Fsp3) is 0.500. The molecule has 0 bridgehead atoms. The van der Waals surface area contributed by atoms with Crippen molar-refractivity contribution < 1.29 is 23.8 Å². The predicted molar refractivity (Wildman–Crippen MR) is 80.2 cm³/mol. The molecule has 0 saturated heterocycles. The van der Waals surface area contributed by atoms with Crippen molar-refractivity contribution >= 4 is 11.9 Å². The van der Waals surface area contributed by atoms with Gasteiger partial charge in [-0.25, -0.2) is 9.18 Å². The molecule has 2 N–H and O–H groups in total. The number of nitrogens with one attached hydrogen (secondary N) is 1. The van der Waals surface area contributed by atoms with E-state index in [4.69, 9.17) is 9.84 Å². The molecule has 22 heavy (non-hydrogen) atoms. The van der Waals surface area contributed by atoms with Gasteiger partial charge in [-0.15, -0.1) is 0 Å². The lowest BCUT2D eigenvalue weighted by Gasteiger charge is -2.20. The van der Waals surface area contributed by atoms with E-state index in [1.54, 1.807) is 6.92 Å². The summed E-state index contributed by atoms with van der Waals surface area (Å²) in [6.45, 7) is 3.97. The Morgan fingerprint density at radius 2 is 1.95 bits per heavy atom. The molecular formula is C16H22FNO4. The molecule has 6 heteroatoms. The molecule has 2 atom stereocenters. The van der Waals surface area contributed by atoms with Crippen molar-refractivity contribution in [2.75, 3.05) is 6.61 Å². The number of ether oxygens (including phenoxy) is 1. The van der Waals surface area contributed by atoms with Gasteiger partial charge in [0.25, 0.3) is 0 Å². The number of carboxylic acid groups (broad SMARTS) is 1. The summed E-state index contributed by atoms with van der Waals surface area (Å²) in [5, 5.41) is 11.6. The maximum absolute atomic E-state index is 12.7. The Hall–Kier alpha value is -2.11. The van der Waals surface area contributed by atoms with Gasteiger partial charge in [0.1, 0.15) is 17.6 Å². The number of halogens is 1. The molecule has 0 spiro atoms. The Labute approximate surface area is 129 Å². The molecule has 0 radical (unpaired) electrons. The molecule has 2 unspecified atom stereocenters. The van der Waals surface area contributed by atoms with E-state index in [2.05, 4.69) is 5.32 Å². The largest absolute Gasteiger partial charge is 0.494 e. The summed E-state index contributed by atoms with van der Waals surface area (Å²) in [7, 11) is 0. The maximum atomic E-state index is 12.7. The first kappa shape index (κ1) is 17.9. The van der Waals surface area contributed by atoms with Crippen molar-refractivity contribution in [3.05, 3.63) is 30.1 Å². The third-order valence-electron chi connectivity index (χ3n) is 3.43. The average molecular weight is 311 g/mol. The second-order valence-corrected chi connectivity index (χ2v) is 5.17. The first-order valence-electron chi connectivity index (χ1n) is 7.34. The molecule has 1 rings (SSSR count). The number of carbonyl (C=O) groups excluding carboxylic acids is 1. The Bertz CT molecular complexity index is 489. The molecule has 0 aliphatic carbocycles. The van der Waals surface area contributed by atoms with E-state index in [1.807, 2.05) is 6.92 Å². The van der Waals surface area contributed by atoms with Crippen molar-refractivity contribution in [3.63, 3.8) is 0 Å².